The lowest BCUT2D eigenvalue weighted by Gasteiger charge is -2.09. The van der Waals surface area contributed by atoms with Crippen LogP contribution >= 0.6 is 11.8 Å². The minimum absolute atomic E-state index is 0.324. The molecule has 1 aromatic carbocycles. The van der Waals surface area contributed by atoms with Gasteiger partial charge in [0.2, 0.25) is 0 Å². The number of nitrogens with one attached hydrogen (secondary N) is 1. The van der Waals surface area contributed by atoms with Gasteiger partial charge in [-0.25, -0.2) is 4.79 Å². The van der Waals surface area contributed by atoms with Crippen molar-refractivity contribution in [2.45, 2.75) is 17.6 Å². The molecule has 6 heteroatoms. The highest BCUT2D eigenvalue weighted by atomic mass is 32.2. The van der Waals surface area contributed by atoms with Crippen LogP contribution in [0.25, 0.3) is 0 Å². The highest BCUT2D eigenvalue weighted by Gasteiger charge is 2.08. The van der Waals surface area contributed by atoms with Gasteiger partial charge in [-0.2, -0.15) is 8.78 Å². The number of hydrogen-bond acceptors (Lipinski definition) is 4. The summed E-state index contributed by atoms with van der Waals surface area (Å²) in [6, 6.07) is 6.79. The predicted octanol–water partition coefficient (Wildman–Crippen LogP) is 3.53. The van der Waals surface area contributed by atoms with Gasteiger partial charge >= 0.3 is 5.97 Å². The number of carbonyl (C=O) groups excluding carboxylic acids is 1. The first-order valence-corrected chi connectivity index (χ1v) is 6.62. The number of ether oxygens (including phenoxy) is 1. The standard InChI is InChI=1S/C13H15F2NO2S/c1-2-18-12(17)8-5-9-16-10-6-3-4-7-11(10)19-13(14)15/h3-8,13,16H,2,9H2,1H3/b8-5+. The van der Waals surface area contributed by atoms with Gasteiger partial charge in [0, 0.05) is 23.2 Å². The number of alkyl halides is 2. The molecule has 0 bridgehead atoms. The summed E-state index contributed by atoms with van der Waals surface area (Å²) in [5, 5.41) is 2.97. The Kier molecular flexibility index (Phi) is 6.95. The van der Waals surface area contributed by atoms with E-state index in [0.717, 1.165) is 0 Å². The molecule has 1 rings (SSSR count). The van der Waals surface area contributed by atoms with Crippen LogP contribution in [0.3, 0.4) is 0 Å². The van der Waals surface area contributed by atoms with Gasteiger partial charge in [0.25, 0.3) is 5.76 Å². The summed E-state index contributed by atoms with van der Waals surface area (Å²) in [6.45, 7) is 2.41. The summed E-state index contributed by atoms with van der Waals surface area (Å²) in [7, 11) is 0. The van der Waals surface area contributed by atoms with Crippen molar-refractivity contribution in [1.82, 2.24) is 0 Å². The third kappa shape index (κ3) is 6.24. The lowest BCUT2D eigenvalue weighted by Crippen LogP contribution is -2.03. The molecule has 0 unspecified atom stereocenters. The zero-order valence-corrected chi connectivity index (χ0v) is 11.3. The maximum atomic E-state index is 12.3. The first-order chi connectivity index (χ1) is 9.13. The molecule has 0 aliphatic heterocycles. The van der Waals surface area contributed by atoms with E-state index in [1.165, 1.54) is 6.08 Å². The second-order valence-electron chi connectivity index (χ2n) is 3.41. The molecule has 0 spiro atoms. The number of thioether (sulfide) groups is 1. The fourth-order valence-electron chi connectivity index (χ4n) is 1.33. The van der Waals surface area contributed by atoms with E-state index in [9.17, 15) is 13.6 Å². The minimum Gasteiger partial charge on any atom is -0.463 e. The molecular formula is C13H15F2NO2S. The number of hydrogen-bond donors (Lipinski definition) is 1. The molecule has 0 saturated heterocycles. The maximum absolute atomic E-state index is 12.3. The highest BCUT2D eigenvalue weighted by molar-refractivity contribution is 7.99. The zero-order chi connectivity index (χ0) is 14.1. The van der Waals surface area contributed by atoms with Crippen molar-refractivity contribution >= 4 is 23.4 Å². The Bertz CT molecular complexity index is 438. The number of carbonyl (C=O) groups is 1. The number of halogens is 2. The van der Waals surface area contributed by atoms with Crippen LogP contribution in [0.15, 0.2) is 41.3 Å². The SMILES string of the molecule is CCOC(=O)/C=C/CNc1ccccc1SC(F)F. The van der Waals surface area contributed by atoms with Gasteiger partial charge in [0.05, 0.1) is 6.61 Å². The molecule has 0 radical (unpaired) electrons. The monoisotopic (exact) mass is 287 g/mol. The minimum atomic E-state index is -2.46. The Labute approximate surface area is 115 Å². The molecule has 0 saturated carbocycles. The number of esters is 1. The average Bonchev–Trinajstić information content (AvgIpc) is 2.36. The number of anilines is 1. The van der Waals surface area contributed by atoms with E-state index < -0.39 is 11.7 Å². The summed E-state index contributed by atoms with van der Waals surface area (Å²) in [5.41, 5.74) is 0.612. The third-order valence-electron chi connectivity index (χ3n) is 2.05. The van der Waals surface area contributed by atoms with E-state index in [4.69, 9.17) is 4.74 Å². The van der Waals surface area contributed by atoms with Crippen LogP contribution in [0.1, 0.15) is 6.92 Å². The second kappa shape index (κ2) is 8.53. The van der Waals surface area contributed by atoms with E-state index in [2.05, 4.69) is 5.32 Å². The summed E-state index contributed by atoms with van der Waals surface area (Å²) in [4.78, 5) is 11.5. The molecule has 0 aromatic heterocycles. The van der Waals surface area contributed by atoms with E-state index in [1.807, 2.05) is 0 Å². The van der Waals surface area contributed by atoms with Crippen LogP contribution in [-0.2, 0) is 9.53 Å². The van der Waals surface area contributed by atoms with Gasteiger partial charge in [-0.05, 0) is 19.1 Å². The van der Waals surface area contributed by atoms with E-state index in [1.54, 1.807) is 37.3 Å². The zero-order valence-electron chi connectivity index (χ0n) is 10.4. The van der Waals surface area contributed by atoms with Crippen LogP contribution in [0.4, 0.5) is 14.5 Å². The Hall–Kier alpha value is -1.56. The molecule has 1 aromatic rings. The van der Waals surface area contributed by atoms with Crippen molar-refractivity contribution in [2.75, 3.05) is 18.5 Å². The van der Waals surface area contributed by atoms with Crippen molar-refractivity contribution in [3.05, 3.63) is 36.4 Å². The van der Waals surface area contributed by atoms with Crippen molar-refractivity contribution in [3.8, 4) is 0 Å². The van der Waals surface area contributed by atoms with Crippen LogP contribution in [0.2, 0.25) is 0 Å². The summed E-state index contributed by atoms with van der Waals surface area (Å²) in [6.07, 6.45) is 2.89. The van der Waals surface area contributed by atoms with Crippen molar-refractivity contribution < 1.29 is 18.3 Å². The van der Waals surface area contributed by atoms with Crippen LogP contribution in [-0.4, -0.2) is 24.9 Å². The van der Waals surface area contributed by atoms with Crippen LogP contribution in [0.5, 0.6) is 0 Å². The smallest absolute Gasteiger partial charge is 0.330 e. The highest BCUT2D eigenvalue weighted by Crippen LogP contribution is 2.31. The van der Waals surface area contributed by atoms with Gasteiger partial charge in [-0.15, -0.1) is 0 Å². The van der Waals surface area contributed by atoms with Gasteiger partial charge in [0.15, 0.2) is 0 Å². The Morgan fingerprint density at radius 1 is 1.47 bits per heavy atom. The number of rotatable bonds is 7. The van der Waals surface area contributed by atoms with Gasteiger partial charge in [-0.3, -0.25) is 0 Å². The molecule has 1 N–H and O–H groups in total. The first-order valence-electron chi connectivity index (χ1n) is 5.74. The molecule has 0 aliphatic carbocycles. The molecule has 104 valence electrons. The second-order valence-corrected chi connectivity index (χ2v) is 4.44. The van der Waals surface area contributed by atoms with Crippen LogP contribution in [0, 0.1) is 0 Å². The largest absolute Gasteiger partial charge is 0.463 e. The topological polar surface area (TPSA) is 38.3 Å². The van der Waals surface area contributed by atoms with Gasteiger partial charge in [-0.1, -0.05) is 30.0 Å². The molecule has 0 fully saturated rings. The van der Waals surface area contributed by atoms with Crippen LogP contribution < -0.4 is 5.32 Å². The van der Waals surface area contributed by atoms with E-state index in [-0.39, 0.29) is 0 Å². The molecule has 0 atom stereocenters. The molecule has 0 heterocycles. The van der Waals surface area contributed by atoms with E-state index in [0.29, 0.717) is 35.5 Å². The normalized spacial score (nSPS) is 10.9. The average molecular weight is 287 g/mol. The Morgan fingerprint density at radius 2 is 2.21 bits per heavy atom. The molecule has 0 amide bonds. The molecule has 3 nitrogen and oxygen atoms in total. The fraction of sp³-hybridized carbons (Fsp3) is 0.308. The summed E-state index contributed by atoms with van der Waals surface area (Å²) >= 11 is 0.486. The number of para-hydroxylation sites is 1. The number of benzene rings is 1. The third-order valence-corrected chi connectivity index (χ3v) is 2.84. The quantitative estimate of drug-likeness (QED) is 0.473. The Morgan fingerprint density at radius 3 is 2.89 bits per heavy atom. The molecule has 0 aliphatic rings. The lowest BCUT2D eigenvalue weighted by molar-refractivity contribution is -0.137. The van der Waals surface area contributed by atoms with Crippen molar-refractivity contribution in [1.29, 1.82) is 0 Å². The Balaban J connectivity index is 2.51. The molecular weight excluding hydrogens is 272 g/mol. The molecule has 19 heavy (non-hydrogen) atoms. The lowest BCUT2D eigenvalue weighted by atomic mass is 10.3. The summed E-state index contributed by atoms with van der Waals surface area (Å²) < 4.78 is 29.4. The maximum Gasteiger partial charge on any atom is 0.330 e. The van der Waals surface area contributed by atoms with E-state index >= 15 is 0 Å². The van der Waals surface area contributed by atoms with Crippen molar-refractivity contribution in [3.63, 3.8) is 0 Å². The van der Waals surface area contributed by atoms with Crippen molar-refractivity contribution in [2.24, 2.45) is 0 Å². The fourth-order valence-corrected chi connectivity index (χ4v) is 1.94. The predicted molar refractivity (Wildman–Crippen MR) is 72.6 cm³/mol. The first kappa shape index (κ1) is 15.5. The van der Waals surface area contributed by atoms with Gasteiger partial charge < -0.3 is 10.1 Å². The summed E-state index contributed by atoms with van der Waals surface area (Å²) in [5.74, 6) is -2.88. The van der Waals surface area contributed by atoms with Gasteiger partial charge in [0.1, 0.15) is 0 Å².